The average Bonchev–Trinajstić information content (AvgIpc) is 2.80. The van der Waals surface area contributed by atoms with Crippen LogP contribution in [0.4, 0.5) is 0 Å². The van der Waals surface area contributed by atoms with E-state index in [9.17, 15) is 9.46 Å². The Morgan fingerprint density at radius 1 is 0.515 bits per heavy atom. The van der Waals surface area contributed by atoms with E-state index in [1.54, 1.807) is 0 Å². The van der Waals surface area contributed by atoms with Gasteiger partial charge in [-0.2, -0.15) is 0 Å². The number of rotatable bonds is 22. The van der Waals surface area contributed by atoms with Crippen molar-refractivity contribution in [1.29, 1.82) is 0 Å². The molecule has 0 atom stereocenters. The first-order chi connectivity index (χ1) is 16.1. The number of phosphoric acid groups is 1. The lowest BCUT2D eigenvalue weighted by Gasteiger charge is -2.02. The molecule has 0 aromatic rings. The van der Waals surface area contributed by atoms with Crippen LogP contribution in [0.1, 0.15) is 155 Å². The fraction of sp³-hybridized carbons (Fsp3) is 0.857. The first kappa shape index (κ1) is 31.9. The Bertz CT molecular complexity index is 534. The van der Waals surface area contributed by atoms with E-state index < -0.39 is 7.82 Å². The Kier molecular flexibility index (Phi) is 24.7. The molecular formula is C28H51O4P. The van der Waals surface area contributed by atoms with Crippen LogP contribution in [0.15, 0.2) is 0 Å². The third-order valence-electron chi connectivity index (χ3n) is 5.78. The van der Waals surface area contributed by atoms with Gasteiger partial charge in [0.2, 0.25) is 0 Å². The van der Waals surface area contributed by atoms with Crippen LogP contribution in [0.3, 0.4) is 0 Å². The lowest BCUT2D eigenvalue weighted by Crippen LogP contribution is -1.85. The molecule has 0 unspecified atom stereocenters. The third kappa shape index (κ3) is 27.0. The summed E-state index contributed by atoms with van der Waals surface area (Å²) in [5.41, 5.74) is 0. The van der Waals surface area contributed by atoms with E-state index in [4.69, 9.17) is 0 Å². The number of hydrogen-bond donors (Lipinski definition) is 1. The first-order valence-corrected chi connectivity index (χ1v) is 15.3. The van der Waals surface area contributed by atoms with Crippen molar-refractivity contribution in [3.63, 3.8) is 0 Å². The Hall–Kier alpha value is -1.09. The maximum atomic E-state index is 11.7. The first-order valence-electron chi connectivity index (χ1n) is 13.8. The van der Waals surface area contributed by atoms with Gasteiger partial charge >= 0.3 is 7.82 Å². The third-order valence-corrected chi connectivity index (χ3v) is 6.42. The molecule has 0 aliphatic carbocycles. The van der Waals surface area contributed by atoms with E-state index in [0.717, 1.165) is 25.7 Å². The molecule has 0 bridgehead atoms. The number of unbranched alkanes of at least 4 members (excludes halogenated alkanes) is 20. The molecule has 0 saturated carbocycles. The maximum Gasteiger partial charge on any atom is 0.602 e. The zero-order valence-corrected chi connectivity index (χ0v) is 22.6. The molecule has 0 aliphatic rings. The van der Waals surface area contributed by atoms with Crippen molar-refractivity contribution in [1.82, 2.24) is 0 Å². The summed E-state index contributed by atoms with van der Waals surface area (Å²) in [4.78, 5) is 9.57. The van der Waals surface area contributed by atoms with Crippen LogP contribution in [-0.4, -0.2) is 4.89 Å². The molecule has 0 spiro atoms. The fourth-order valence-corrected chi connectivity index (χ4v) is 4.10. The second kappa shape index (κ2) is 25.5. The fourth-order valence-electron chi connectivity index (χ4n) is 3.70. The normalized spacial score (nSPS) is 10.8. The molecule has 0 heterocycles. The summed E-state index contributed by atoms with van der Waals surface area (Å²) in [5.74, 6) is 5.57. The topological polar surface area (TPSA) is 55.8 Å². The molecule has 0 aliphatic heterocycles. The van der Waals surface area contributed by atoms with Crippen LogP contribution >= 0.6 is 7.82 Å². The van der Waals surface area contributed by atoms with Gasteiger partial charge in [0, 0.05) is 12.8 Å². The molecule has 0 amide bonds. The van der Waals surface area contributed by atoms with Gasteiger partial charge in [0.1, 0.15) is 12.2 Å². The van der Waals surface area contributed by atoms with Gasteiger partial charge in [-0.05, 0) is 12.8 Å². The van der Waals surface area contributed by atoms with Crippen LogP contribution in [0.5, 0.6) is 0 Å². The van der Waals surface area contributed by atoms with Gasteiger partial charge in [0.15, 0.2) is 0 Å². The summed E-state index contributed by atoms with van der Waals surface area (Å²) in [6.07, 6.45) is 31.3. The van der Waals surface area contributed by atoms with Crippen molar-refractivity contribution >= 4 is 7.82 Å². The van der Waals surface area contributed by atoms with Crippen LogP contribution < -0.4 is 0 Å². The Balaban J connectivity index is 3.53. The zero-order chi connectivity index (χ0) is 24.3. The molecule has 0 radical (unpaired) electrons. The highest BCUT2D eigenvalue weighted by Gasteiger charge is 2.21. The summed E-state index contributed by atoms with van der Waals surface area (Å²) in [6, 6.07) is 0. The number of hydrogen-bond acceptors (Lipinski definition) is 3. The van der Waals surface area contributed by atoms with Crippen molar-refractivity contribution in [2.24, 2.45) is 0 Å². The monoisotopic (exact) mass is 482 g/mol. The Labute approximate surface area is 205 Å². The highest BCUT2D eigenvalue weighted by atomic mass is 31.2. The van der Waals surface area contributed by atoms with Crippen LogP contribution in [-0.2, 0) is 13.6 Å². The van der Waals surface area contributed by atoms with Gasteiger partial charge in [-0.15, -0.1) is 0 Å². The predicted octanol–water partition coefficient (Wildman–Crippen LogP) is 9.66. The van der Waals surface area contributed by atoms with Gasteiger partial charge in [-0.3, -0.25) is 4.89 Å². The van der Waals surface area contributed by atoms with Crippen molar-refractivity contribution in [3.05, 3.63) is 0 Å². The van der Waals surface area contributed by atoms with Gasteiger partial charge in [-0.1, -0.05) is 141 Å². The van der Waals surface area contributed by atoms with E-state index in [2.05, 4.69) is 46.9 Å². The molecule has 4 nitrogen and oxygen atoms in total. The molecular weight excluding hydrogens is 431 g/mol. The van der Waals surface area contributed by atoms with E-state index >= 15 is 0 Å². The molecule has 0 aromatic carbocycles. The quantitative estimate of drug-likeness (QED) is 0.0948. The molecule has 0 rings (SSSR count). The second-order valence-electron chi connectivity index (χ2n) is 9.07. The lowest BCUT2D eigenvalue weighted by atomic mass is 10.1. The van der Waals surface area contributed by atoms with Crippen molar-refractivity contribution in [2.45, 2.75) is 155 Å². The molecule has 0 saturated heterocycles. The summed E-state index contributed by atoms with van der Waals surface area (Å²) < 4.78 is 21.0. The SMILES string of the molecule is CCCCCCCCCCCCC#COP(=O)(O)OC#CCCCCCCCCCCCC. The second-order valence-corrected chi connectivity index (χ2v) is 10.4. The average molecular weight is 483 g/mol. The van der Waals surface area contributed by atoms with E-state index in [1.165, 1.54) is 103 Å². The highest BCUT2D eigenvalue weighted by molar-refractivity contribution is 7.47. The van der Waals surface area contributed by atoms with Gasteiger partial charge in [-0.25, -0.2) is 4.57 Å². The minimum atomic E-state index is -4.20. The summed E-state index contributed by atoms with van der Waals surface area (Å²) >= 11 is 0. The highest BCUT2D eigenvalue weighted by Crippen LogP contribution is 2.42. The van der Waals surface area contributed by atoms with Crippen LogP contribution in [0.2, 0.25) is 0 Å². The minimum Gasteiger partial charge on any atom is -0.341 e. The van der Waals surface area contributed by atoms with Gasteiger partial charge in [0.05, 0.1) is 0 Å². The Morgan fingerprint density at radius 2 is 0.788 bits per heavy atom. The van der Waals surface area contributed by atoms with E-state index in [1.807, 2.05) is 0 Å². The summed E-state index contributed by atoms with van der Waals surface area (Å²) in [6.45, 7) is 4.49. The molecule has 192 valence electrons. The largest absolute Gasteiger partial charge is 0.602 e. The zero-order valence-electron chi connectivity index (χ0n) is 21.7. The molecule has 0 aromatic heterocycles. The Morgan fingerprint density at radius 3 is 1.09 bits per heavy atom. The summed E-state index contributed by atoms with van der Waals surface area (Å²) in [7, 11) is -4.20. The number of phosphoric ester groups is 1. The smallest absolute Gasteiger partial charge is 0.341 e. The van der Waals surface area contributed by atoms with Crippen LogP contribution in [0, 0.1) is 24.1 Å². The lowest BCUT2D eigenvalue weighted by molar-refractivity contribution is 0.263. The minimum absolute atomic E-state index is 0.668. The maximum absolute atomic E-state index is 11.7. The van der Waals surface area contributed by atoms with E-state index in [-0.39, 0.29) is 0 Å². The van der Waals surface area contributed by atoms with Crippen molar-refractivity contribution in [3.8, 4) is 24.1 Å². The van der Waals surface area contributed by atoms with E-state index in [0.29, 0.717) is 12.8 Å². The molecule has 33 heavy (non-hydrogen) atoms. The molecule has 5 heteroatoms. The summed E-state index contributed by atoms with van der Waals surface area (Å²) in [5, 5.41) is 0. The van der Waals surface area contributed by atoms with Crippen molar-refractivity contribution in [2.75, 3.05) is 0 Å². The van der Waals surface area contributed by atoms with Gasteiger partial charge in [0.25, 0.3) is 0 Å². The molecule has 1 N–H and O–H groups in total. The standard InChI is InChI=1S/C28H51O4P/c1-3-5-7-9-11-13-15-17-19-21-23-25-27-31-33(29,30)32-28-26-24-22-20-18-16-14-12-10-8-6-4-2/h3-24H2,1-2H3,(H,29,30). The van der Waals surface area contributed by atoms with Crippen LogP contribution in [0.25, 0.3) is 0 Å². The predicted molar refractivity (Wildman–Crippen MR) is 140 cm³/mol. The van der Waals surface area contributed by atoms with Crippen molar-refractivity contribution < 1.29 is 18.5 Å². The molecule has 0 fully saturated rings. The van der Waals surface area contributed by atoms with Gasteiger partial charge < -0.3 is 9.05 Å².